The van der Waals surface area contributed by atoms with Gasteiger partial charge in [-0.2, -0.15) is 0 Å². The van der Waals surface area contributed by atoms with Gasteiger partial charge in [-0.3, -0.25) is 14.6 Å². The molecule has 2 aromatic carbocycles. The van der Waals surface area contributed by atoms with E-state index in [0.29, 0.717) is 11.7 Å². The molecule has 1 saturated heterocycles. The number of benzene rings is 2. The Morgan fingerprint density at radius 3 is 2.21 bits per heavy atom. The Morgan fingerprint density at radius 1 is 1.03 bits per heavy atom. The lowest BCUT2D eigenvalue weighted by molar-refractivity contribution is -0.123. The van der Waals surface area contributed by atoms with Crippen LogP contribution in [0.15, 0.2) is 47.5 Å². The van der Waals surface area contributed by atoms with Crippen molar-refractivity contribution in [3.8, 4) is 5.75 Å². The van der Waals surface area contributed by atoms with E-state index in [9.17, 15) is 19.2 Å². The zero-order valence-electron chi connectivity index (χ0n) is 18.7. The molecule has 11 heteroatoms. The van der Waals surface area contributed by atoms with E-state index in [1.165, 1.54) is 32.4 Å². The second-order valence-corrected chi connectivity index (χ2v) is 8.29. The summed E-state index contributed by atoms with van der Waals surface area (Å²) in [7, 11) is 3.99. The molecule has 0 aliphatic carbocycles. The highest BCUT2D eigenvalue weighted by atomic mass is 32.2. The fourth-order valence-corrected chi connectivity index (χ4v) is 4.04. The number of aliphatic imine (C=N–C) groups is 1. The second-order valence-electron chi connectivity index (χ2n) is 7.10. The number of nitrogens with zero attached hydrogens (tertiary/aromatic N) is 1. The first kappa shape index (κ1) is 24.8. The maximum atomic E-state index is 12.9. The highest BCUT2D eigenvalue weighted by molar-refractivity contribution is 8.15. The fraction of sp³-hybridized carbons (Fsp3) is 0.261. The summed E-state index contributed by atoms with van der Waals surface area (Å²) in [6.45, 7) is 0.310. The number of esters is 2. The van der Waals surface area contributed by atoms with Crippen molar-refractivity contribution in [2.24, 2.45) is 4.99 Å². The normalized spacial score (nSPS) is 16.4. The van der Waals surface area contributed by atoms with E-state index in [-0.39, 0.29) is 29.1 Å². The smallest absolute Gasteiger partial charge is 0.337 e. The van der Waals surface area contributed by atoms with Crippen LogP contribution in [0.25, 0.3) is 0 Å². The zero-order chi connectivity index (χ0) is 24.7. The van der Waals surface area contributed by atoms with Crippen molar-refractivity contribution < 1.29 is 33.4 Å². The standard InChI is InChI=1S/C23H23N3O7S/c1-31-17-6-4-13(5-7-17)12-24-23-26-19(27)11-18(34-23)20(28)25-16-9-14(21(29)32-2)8-15(10-16)22(30)33-3/h4-10,18H,11-12H2,1-3H3,(H,25,28)(H,24,26,27)/t18-/m0/s1. The molecule has 3 rings (SSSR count). The Labute approximate surface area is 200 Å². The first-order chi connectivity index (χ1) is 16.3. The van der Waals surface area contributed by atoms with Crippen LogP contribution in [0, 0.1) is 0 Å². The number of rotatable bonds is 7. The van der Waals surface area contributed by atoms with Crippen LogP contribution >= 0.6 is 11.8 Å². The van der Waals surface area contributed by atoms with Gasteiger partial charge in [0.05, 0.1) is 39.0 Å². The third kappa shape index (κ3) is 6.35. The largest absolute Gasteiger partial charge is 0.497 e. The first-order valence-corrected chi connectivity index (χ1v) is 11.0. The molecule has 0 bridgehead atoms. The van der Waals surface area contributed by atoms with Crippen molar-refractivity contribution in [2.75, 3.05) is 26.6 Å². The molecule has 178 valence electrons. The van der Waals surface area contributed by atoms with E-state index in [2.05, 4.69) is 15.6 Å². The molecule has 0 aromatic heterocycles. The number of ether oxygens (including phenoxy) is 3. The molecule has 0 spiro atoms. The summed E-state index contributed by atoms with van der Waals surface area (Å²) >= 11 is 1.12. The molecule has 1 aliphatic rings. The maximum absolute atomic E-state index is 12.9. The van der Waals surface area contributed by atoms with Gasteiger partial charge in [0.1, 0.15) is 11.0 Å². The van der Waals surface area contributed by atoms with Crippen LogP contribution in [0.4, 0.5) is 5.69 Å². The summed E-state index contributed by atoms with van der Waals surface area (Å²) in [6.07, 6.45) is -0.0569. The van der Waals surface area contributed by atoms with Gasteiger partial charge in [0.2, 0.25) is 11.8 Å². The molecule has 1 fully saturated rings. The van der Waals surface area contributed by atoms with E-state index in [1.807, 2.05) is 24.3 Å². The number of thioether (sulfide) groups is 1. The summed E-state index contributed by atoms with van der Waals surface area (Å²) in [5.41, 5.74) is 1.23. The predicted octanol–water partition coefficient (Wildman–Crippen LogP) is 2.38. The quantitative estimate of drug-likeness (QED) is 0.572. The van der Waals surface area contributed by atoms with Gasteiger partial charge in [-0.05, 0) is 35.9 Å². The molecule has 1 aliphatic heterocycles. The minimum atomic E-state index is -0.758. The Morgan fingerprint density at radius 2 is 1.65 bits per heavy atom. The first-order valence-electron chi connectivity index (χ1n) is 10.1. The van der Waals surface area contributed by atoms with Crippen LogP contribution in [-0.2, 0) is 25.6 Å². The average molecular weight is 486 g/mol. The van der Waals surface area contributed by atoms with Crippen LogP contribution in [0.3, 0.4) is 0 Å². The molecule has 1 heterocycles. The Balaban J connectivity index is 1.73. The average Bonchev–Trinajstić information content (AvgIpc) is 2.86. The number of nitrogens with one attached hydrogen (secondary N) is 2. The van der Waals surface area contributed by atoms with Gasteiger partial charge in [0.25, 0.3) is 0 Å². The number of amides is 2. The summed E-state index contributed by atoms with van der Waals surface area (Å²) in [4.78, 5) is 53.4. The summed E-state index contributed by atoms with van der Waals surface area (Å²) in [6, 6.07) is 11.4. The SMILES string of the molecule is COC(=O)c1cc(NC(=O)[C@@H]2CC(=O)NC(=NCc3ccc(OC)cc3)S2)cc(C(=O)OC)c1. The van der Waals surface area contributed by atoms with Gasteiger partial charge in [0.15, 0.2) is 5.17 Å². The third-order valence-corrected chi connectivity index (χ3v) is 5.89. The van der Waals surface area contributed by atoms with Crippen LogP contribution < -0.4 is 15.4 Å². The molecule has 2 aromatic rings. The minimum absolute atomic E-state index is 0.0569. The Kier molecular flexibility index (Phi) is 8.25. The van der Waals surface area contributed by atoms with E-state index in [0.717, 1.165) is 23.1 Å². The minimum Gasteiger partial charge on any atom is -0.497 e. The lowest BCUT2D eigenvalue weighted by Crippen LogP contribution is -2.42. The molecule has 0 radical (unpaired) electrons. The summed E-state index contributed by atoms with van der Waals surface area (Å²) < 4.78 is 14.5. The monoisotopic (exact) mass is 485 g/mol. The summed E-state index contributed by atoms with van der Waals surface area (Å²) in [5.74, 6) is -1.46. The van der Waals surface area contributed by atoms with E-state index in [1.54, 1.807) is 7.11 Å². The second kappa shape index (κ2) is 11.3. The number of anilines is 1. The van der Waals surface area contributed by atoms with Crippen molar-refractivity contribution in [1.82, 2.24) is 5.32 Å². The molecule has 34 heavy (non-hydrogen) atoms. The van der Waals surface area contributed by atoms with Gasteiger partial charge < -0.3 is 24.8 Å². The fourth-order valence-electron chi connectivity index (χ4n) is 3.06. The van der Waals surface area contributed by atoms with Crippen molar-refractivity contribution in [3.63, 3.8) is 0 Å². The number of carbonyl (C=O) groups is 4. The zero-order valence-corrected chi connectivity index (χ0v) is 19.6. The van der Waals surface area contributed by atoms with Crippen LogP contribution in [0.5, 0.6) is 5.75 Å². The van der Waals surface area contributed by atoms with Crippen LogP contribution in [-0.4, -0.2) is 55.5 Å². The highest BCUT2D eigenvalue weighted by Gasteiger charge is 2.30. The van der Waals surface area contributed by atoms with Crippen LogP contribution in [0.2, 0.25) is 0 Å². The van der Waals surface area contributed by atoms with Crippen molar-refractivity contribution in [2.45, 2.75) is 18.2 Å². The van der Waals surface area contributed by atoms with E-state index in [4.69, 9.17) is 14.2 Å². The third-order valence-electron chi connectivity index (χ3n) is 4.77. The van der Waals surface area contributed by atoms with Gasteiger partial charge in [-0.15, -0.1) is 0 Å². The van der Waals surface area contributed by atoms with E-state index >= 15 is 0 Å². The molecule has 0 saturated carbocycles. The van der Waals surface area contributed by atoms with Gasteiger partial charge in [0, 0.05) is 12.1 Å². The maximum Gasteiger partial charge on any atom is 0.337 e. The number of hydrogen-bond donors (Lipinski definition) is 2. The number of amidine groups is 1. The summed E-state index contributed by atoms with van der Waals surface area (Å²) in [5, 5.41) is 4.89. The van der Waals surface area contributed by atoms with Gasteiger partial charge in [-0.25, -0.2) is 9.59 Å². The topological polar surface area (TPSA) is 132 Å². The van der Waals surface area contributed by atoms with Crippen LogP contribution in [0.1, 0.15) is 32.7 Å². The van der Waals surface area contributed by atoms with Crippen molar-refractivity contribution >= 4 is 46.4 Å². The molecule has 10 nitrogen and oxygen atoms in total. The van der Waals surface area contributed by atoms with Crippen molar-refractivity contribution in [1.29, 1.82) is 0 Å². The Hall–Kier alpha value is -3.86. The molecular formula is C23H23N3O7S. The van der Waals surface area contributed by atoms with E-state index < -0.39 is 23.1 Å². The molecule has 1 atom stereocenters. The Bertz CT molecular complexity index is 1100. The molecule has 0 unspecified atom stereocenters. The highest BCUT2D eigenvalue weighted by Crippen LogP contribution is 2.24. The van der Waals surface area contributed by atoms with Gasteiger partial charge in [-0.1, -0.05) is 23.9 Å². The molecular weight excluding hydrogens is 462 g/mol. The molecule has 2 amide bonds. The van der Waals surface area contributed by atoms with Crippen molar-refractivity contribution in [3.05, 3.63) is 59.2 Å². The number of hydrogen-bond acceptors (Lipinski definition) is 9. The molecule has 2 N–H and O–H groups in total. The number of carbonyl (C=O) groups excluding carboxylic acids is 4. The predicted molar refractivity (Wildman–Crippen MR) is 126 cm³/mol. The van der Waals surface area contributed by atoms with Gasteiger partial charge >= 0.3 is 11.9 Å². The lowest BCUT2D eigenvalue weighted by atomic mass is 10.1. The lowest BCUT2D eigenvalue weighted by Gasteiger charge is -2.22. The number of methoxy groups -OCH3 is 3.